The Morgan fingerprint density at radius 2 is 2.25 bits per heavy atom. The highest BCUT2D eigenvalue weighted by Crippen LogP contribution is 2.16. The van der Waals surface area contributed by atoms with Gasteiger partial charge in [0.15, 0.2) is 11.6 Å². The summed E-state index contributed by atoms with van der Waals surface area (Å²) in [5, 5.41) is 2.81. The predicted octanol–water partition coefficient (Wildman–Crippen LogP) is 2.89. The molecule has 1 N–H and O–H groups in total. The molecule has 0 aliphatic rings. The van der Waals surface area contributed by atoms with Gasteiger partial charge >= 0.3 is 0 Å². The van der Waals surface area contributed by atoms with E-state index >= 15 is 0 Å². The zero-order valence-corrected chi connectivity index (χ0v) is 10.1. The van der Waals surface area contributed by atoms with Crippen LogP contribution in [-0.2, 0) is 6.54 Å². The van der Waals surface area contributed by atoms with Gasteiger partial charge in [0, 0.05) is 10.7 Å². The van der Waals surface area contributed by atoms with Gasteiger partial charge in [-0.15, -0.1) is 0 Å². The Labute approximate surface area is 100 Å². The zero-order valence-electron chi connectivity index (χ0n) is 8.50. The van der Waals surface area contributed by atoms with Crippen LogP contribution in [0.15, 0.2) is 27.3 Å². The molecule has 2 heterocycles. The molecule has 0 radical (unpaired) electrons. The first-order chi connectivity index (χ1) is 7.65. The first-order valence-electron chi connectivity index (χ1n) is 4.61. The van der Waals surface area contributed by atoms with Crippen LogP contribution in [0.5, 0.6) is 0 Å². The lowest BCUT2D eigenvalue weighted by Gasteiger charge is -2.03. The van der Waals surface area contributed by atoms with Gasteiger partial charge in [-0.2, -0.15) is 0 Å². The summed E-state index contributed by atoms with van der Waals surface area (Å²) in [5.41, 5.74) is 0. The fraction of sp³-hybridized carbons (Fsp3) is 0.200. The summed E-state index contributed by atoms with van der Waals surface area (Å²) < 4.78 is 19.2. The van der Waals surface area contributed by atoms with E-state index in [1.165, 1.54) is 12.3 Å². The third kappa shape index (κ3) is 2.57. The number of hydrogen-bond acceptors (Lipinski definition) is 4. The standard InChI is InChI=1S/C10H9BrFN3O/c1-6-3-13-9(16-6)5-15-10-8(12)2-7(11)4-14-10/h2-4H,5H2,1H3,(H,14,15). The van der Waals surface area contributed by atoms with E-state index < -0.39 is 5.82 Å². The molecule has 6 heteroatoms. The summed E-state index contributed by atoms with van der Waals surface area (Å²) in [6.45, 7) is 2.11. The van der Waals surface area contributed by atoms with Crippen molar-refractivity contribution in [1.29, 1.82) is 0 Å². The van der Waals surface area contributed by atoms with Crippen LogP contribution in [0.3, 0.4) is 0 Å². The fourth-order valence-electron chi connectivity index (χ4n) is 1.19. The van der Waals surface area contributed by atoms with Crippen LogP contribution in [0.2, 0.25) is 0 Å². The Kier molecular flexibility index (Phi) is 3.19. The van der Waals surface area contributed by atoms with Crippen molar-refractivity contribution < 1.29 is 8.81 Å². The lowest BCUT2D eigenvalue weighted by Crippen LogP contribution is -2.03. The number of rotatable bonds is 3. The van der Waals surface area contributed by atoms with E-state index in [-0.39, 0.29) is 5.82 Å². The van der Waals surface area contributed by atoms with Gasteiger partial charge in [0.2, 0.25) is 5.89 Å². The maximum atomic E-state index is 13.4. The van der Waals surface area contributed by atoms with Crippen LogP contribution >= 0.6 is 15.9 Å². The molecular weight excluding hydrogens is 277 g/mol. The van der Waals surface area contributed by atoms with E-state index in [9.17, 15) is 4.39 Å². The number of anilines is 1. The summed E-state index contributed by atoms with van der Waals surface area (Å²) >= 11 is 3.13. The molecule has 2 aromatic rings. The van der Waals surface area contributed by atoms with E-state index in [0.717, 1.165) is 5.76 Å². The molecular formula is C10H9BrFN3O. The topological polar surface area (TPSA) is 51.0 Å². The van der Waals surface area contributed by atoms with Gasteiger partial charge in [-0.1, -0.05) is 0 Å². The molecule has 0 unspecified atom stereocenters. The van der Waals surface area contributed by atoms with Crippen LogP contribution in [0, 0.1) is 12.7 Å². The molecule has 0 saturated carbocycles. The van der Waals surface area contributed by atoms with E-state index in [4.69, 9.17) is 4.42 Å². The molecule has 16 heavy (non-hydrogen) atoms. The molecule has 2 rings (SSSR count). The molecule has 0 bridgehead atoms. The Morgan fingerprint density at radius 1 is 1.44 bits per heavy atom. The molecule has 0 spiro atoms. The maximum Gasteiger partial charge on any atom is 0.213 e. The third-order valence-electron chi connectivity index (χ3n) is 1.88. The molecule has 0 amide bonds. The molecule has 4 nitrogen and oxygen atoms in total. The Bertz CT molecular complexity index is 501. The van der Waals surface area contributed by atoms with Crippen molar-refractivity contribution in [3.63, 3.8) is 0 Å². The zero-order chi connectivity index (χ0) is 11.5. The molecule has 2 aromatic heterocycles. The summed E-state index contributed by atoms with van der Waals surface area (Å²) in [5.74, 6) is 0.986. The predicted molar refractivity (Wildman–Crippen MR) is 60.5 cm³/mol. The van der Waals surface area contributed by atoms with Crippen LogP contribution in [0.1, 0.15) is 11.7 Å². The number of pyridine rings is 1. The van der Waals surface area contributed by atoms with Crippen molar-refractivity contribution in [3.8, 4) is 0 Å². The number of aromatic nitrogens is 2. The van der Waals surface area contributed by atoms with Crippen molar-refractivity contribution in [2.24, 2.45) is 0 Å². The van der Waals surface area contributed by atoms with Crippen LogP contribution in [0.25, 0.3) is 0 Å². The van der Waals surface area contributed by atoms with Gasteiger partial charge in [-0.25, -0.2) is 14.4 Å². The van der Waals surface area contributed by atoms with Gasteiger partial charge < -0.3 is 9.73 Å². The lowest BCUT2D eigenvalue weighted by atomic mass is 10.4. The van der Waals surface area contributed by atoms with E-state index in [0.29, 0.717) is 16.9 Å². The fourth-order valence-corrected chi connectivity index (χ4v) is 1.49. The van der Waals surface area contributed by atoms with E-state index in [1.54, 1.807) is 13.1 Å². The Morgan fingerprint density at radius 3 is 2.88 bits per heavy atom. The van der Waals surface area contributed by atoms with Crippen LogP contribution < -0.4 is 5.32 Å². The van der Waals surface area contributed by atoms with E-state index in [2.05, 4.69) is 31.2 Å². The summed E-state index contributed by atoms with van der Waals surface area (Å²) in [6.07, 6.45) is 3.13. The number of hydrogen-bond donors (Lipinski definition) is 1. The molecule has 0 fully saturated rings. The van der Waals surface area contributed by atoms with Crippen molar-refractivity contribution in [2.45, 2.75) is 13.5 Å². The van der Waals surface area contributed by atoms with Crippen molar-refractivity contribution in [3.05, 3.63) is 40.4 Å². The smallest absolute Gasteiger partial charge is 0.213 e. The maximum absolute atomic E-state index is 13.4. The normalized spacial score (nSPS) is 10.4. The first kappa shape index (κ1) is 11.1. The third-order valence-corrected chi connectivity index (χ3v) is 2.32. The monoisotopic (exact) mass is 285 g/mol. The quantitative estimate of drug-likeness (QED) is 0.942. The van der Waals surface area contributed by atoms with E-state index in [1.807, 2.05) is 0 Å². The second-order valence-electron chi connectivity index (χ2n) is 3.20. The Hall–Kier alpha value is -1.43. The molecule has 0 saturated heterocycles. The summed E-state index contributed by atoms with van der Waals surface area (Å²) in [7, 11) is 0. The van der Waals surface area contributed by atoms with Gasteiger partial charge in [-0.3, -0.25) is 0 Å². The SMILES string of the molecule is Cc1cnc(CNc2ncc(Br)cc2F)o1. The minimum absolute atomic E-state index is 0.180. The van der Waals surface area contributed by atoms with Crippen LogP contribution in [-0.4, -0.2) is 9.97 Å². The minimum Gasteiger partial charge on any atom is -0.444 e. The highest BCUT2D eigenvalue weighted by atomic mass is 79.9. The molecule has 84 valence electrons. The Balaban J connectivity index is 2.04. The van der Waals surface area contributed by atoms with Gasteiger partial charge in [-0.05, 0) is 28.9 Å². The summed E-state index contributed by atoms with van der Waals surface area (Å²) in [4.78, 5) is 7.89. The highest BCUT2D eigenvalue weighted by Gasteiger charge is 2.06. The number of nitrogens with one attached hydrogen (secondary N) is 1. The minimum atomic E-state index is -0.419. The number of nitrogens with zero attached hydrogens (tertiary/aromatic N) is 2. The van der Waals surface area contributed by atoms with Crippen LogP contribution in [0.4, 0.5) is 10.2 Å². The number of oxazole rings is 1. The largest absolute Gasteiger partial charge is 0.444 e. The highest BCUT2D eigenvalue weighted by molar-refractivity contribution is 9.10. The van der Waals surface area contributed by atoms with Crippen molar-refractivity contribution >= 4 is 21.7 Å². The van der Waals surface area contributed by atoms with Gasteiger partial charge in [0.05, 0.1) is 12.7 Å². The summed E-state index contributed by atoms with van der Waals surface area (Å²) in [6, 6.07) is 1.34. The average Bonchev–Trinajstić information content (AvgIpc) is 2.63. The van der Waals surface area contributed by atoms with Gasteiger partial charge in [0.25, 0.3) is 0 Å². The average molecular weight is 286 g/mol. The molecule has 0 aliphatic carbocycles. The second kappa shape index (κ2) is 4.61. The van der Waals surface area contributed by atoms with Crippen molar-refractivity contribution in [1.82, 2.24) is 9.97 Å². The number of halogens is 2. The molecule has 0 aromatic carbocycles. The first-order valence-corrected chi connectivity index (χ1v) is 5.40. The second-order valence-corrected chi connectivity index (χ2v) is 4.12. The lowest BCUT2D eigenvalue weighted by molar-refractivity contribution is 0.478. The number of aryl methyl sites for hydroxylation is 1. The van der Waals surface area contributed by atoms with Crippen molar-refractivity contribution in [2.75, 3.05) is 5.32 Å². The molecule has 0 atom stereocenters. The van der Waals surface area contributed by atoms with Gasteiger partial charge in [0.1, 0.15) is 5.76 Å². The molecule has 0 aliphatic heterocycles.